The molecule has 1 aliphatic rings. The molecule has 2 aromatic rings. The zero-order valence-electron chi connectivity index (χ0n) is 14.2. The summed E-state index contributed by atoms with van der Waals surface area (Å²) in [6.07, 6.45) is 6.65. The van der Waals surface area contributed by atoms with E-state index in [1.54, 1.807) is 0 Å². The molecule has 1 fully saturated rings. The van der Waals surface area contributed by atoms with Gasteiger partial charge in [0.15, 0.2) is 0 Å². The summed E-state index contributed by atoms with van der Waals surface area (Å²) in [5.41, 5.74) is 4.03. The molecule has 4 heteroatoms. The molecule has 2 heterocycles. The maximum atomic E-state index is 5.86. The van der Waals surface area contributed by atoms with Crippen molar-refractivity contribution >= 4 is 0 Å². The lowest BCUT2D eigenvalue weighted by molar-refractivity contribution is 0.0670. The van der Waals surface area contributed by atoms with Crippen molar-refractivity contribution in [2.45, 2.75) is 52.4 Å². The summed E-state index contributed by atoms with van der Waals surface area (Å²) in [4.78, 5) is 6.81. The van der Waals surface area contributed by atoms with Gasteiger partial charge >= 0.3 is 0 Å². The number of ether oxygens (including phenoxy) is 1. The normalized spacial score (nSPS) is 18.0. The van der Waals surface area contributed by atoms with Gasteiger partial charge in [0.2, 0.25) is 0 Å². The van der Waals surface area contributed by atoms with Gasteiger partial charge < -0.3 is 9.30 Å². The van der Waals surface area contributed by atoms with E-state index < -0.39 is 0 Å². The number of nitrogens with zero attached hydrogens (tertiary/aromatic N) is 3. The molecule has 0 aliphatic carbocycles. The molecule has 0 bridgehead atoms. The fraction of sp³-hybridized carbons (Fsp3) is 0.526. The van der Waals surface area contributed by atoms with E-state index >= 15 is 0 Å². The van der Waals surface area contributed by atoms with Crippen molar-refractivity contribution in [1.29, 1.82) is 0 Å². The predicted octanol–water partition coefficient (Wildman–Crippen LogP) is 3.39. The van der Waals surface area contributed by atoms with Crippen molar-refractivity contribution in [1.82, 2.24) is 14.5 Å². The minimum atomic E-state index is 0.372. The second-order valence-corrected chi connectivity index (χ2v) is 6.40. The molecule has 124 valence electrons. The Labute approximate surface area is 139 Å². The Morgan fingerprint density at radius 1 is 1.30 bits per heavy atom. The van der Waals surface area contributed by atoms with Crippen LogP contribution >= 0.6 is 0 Å². The van der Waals surface area contributed by atoms with Crippen LogP contribution < -0.4 is 0 Å². The van der Waals surface area contributed by atoms with E-state index in [4.69, 9.17) is 4.74 Å². The Kier molecular flexibility index (Phi) is 5.47. The van der Waals surface area contributed by atoms with Gasteiger partial charge in [0.25, 0.3) is 0 Å². The number of rotatable bonds is 7. The Morgan fingerprint density at radius 3 is 2.91 bits per heavy atom. The molecule has 23 heavy (non-hydrogen) atoms. The maximum Gasteiger partial charge on any atom is 0.0948 e. The monoisotopic (exact) mass is 313 g/mol. The Balaban J connectivity index is 1.74. The van der Waals surface area contributed by atoms with Gasteiger partial charge in [-0.15, -0.1) is 0 Å². The summed E-state index contributed by atoms with van der Waals surface area (Å²) >= 11 is 0. The van der Waals surface area contributed by atoms with Crippen molar-refractivity contribution in [3.8, 4) is 0 Å². The van der Waals surface area contributed by atoms with E-state index in [1.807, 2.05) is 12.5 Å². The third-order valence-corrected chi connectivity index (χ3v) is 4.67. The lowest BCUT2D eigenvalue weighted by Gasteiger charge is -2.26. The van der Waals surface area contributed by atoms with Crippen LogP contribution in [0.2, 0.25) is 0 Å². The van der Waals surface area contributed by atoms with Crippen molar-refractivity contribution in [3.05, 3.63) is 53.6 Å². The number of aromatic nitrogens is 2. The largest absolute Gasteiger partial charge is 0.377 e. The second-order valence-electron chi connectivity index (χ2n) is 6.40. The summed E-state index contributed by atoms with van der Waals surface area (Å²) in [7, 11) is 0. The van der Waals surface area contributed by atoms with Crippen molar-refractivity contribution in [3.63, 3.8) is 0 Å². The first kappa shape index (κ1) is 16.2. The number of imidazole rings is 1. The van der Waals surface area contributed by atoms with E-state index in [9.17, 15) is 0 Å². The number of hydrogen-bond donors (Lipinski definition) is 0. The molecule has 1 saturated heterocycles. The summed E-state index contributed by atoms with van der Waals surface area (Å²) < 4.78 is 8.09. The highest BCUT2D eigenvalue weighted by Gasteiger charge is 2.20. The van der Waals surface area contributed by atoms with Crippen LogP contribution in [-0.4, -0.2) is 33.7 Å². The fourth-order valence-corrected chi connectivity index (χ4v) is 3.28. The molecular formula is C19H27N3O. The molecule has 0 unspecified atom stereocenters. The highest BCUT2D eigenvalue weighted by atomic mass is 16.5. The zero-order valence-corrected chi connectivity index (χ0v) is 14.2. The summed E-state index contributed by atoms with van der Waals surface area (Å²) in [5.74, 6) is 0. The van der Waals surface area contributed by atoms with Gasteiger partial charge in [0.05, 0.1) is 18.1 Å². The SMILES string of the molecule is CCn1cncc1CN(Cc1ccccc1C)C[C@@H]1CCCO1. The average Bonchev–Trinajstić information content (AvgIpc) is 3.21. The van der Waals surface area contributed by atoms with E-state index in [0.29, 0.717) is 6.10 Å². The first-order valence-corrected chi connectivity index (χ1v) is 8.63. The van der Waals surface area contributed by atoms with Crippen LogP contribution in [0.1, 0.15) is 36.6 Å². The standard InChI is InChI=1S/C19H27N3O/c1-3-22-15-20-11-18(22)13-21(14-19-9-6-10-23-19)12-17-8-5-4-7-16(17)2/h4-5,7-8,11,15,19H,3,6,9-10,12-14H2,1-2H3/t19-/m0/s1. The van der Waals surface area contributed by atoms with E-state index in [1.165, 1.54) is 29.7 Å². The highest BCUT2D eigenvalue weighted by Crippen LogP contribution is 2.18. The van der Waals surface area contributed by atoms with E-state index in [2.05, 4.69) is 52.6 Å². The van der Waals surface area contributed by atoms with Gasteiger partial charge in [0.1, 0.15) is 0 Å². The summed E-state index contributed by atoms with van der Waals surface area (Å²) in [6.45, 7) is 9.10. The lowest BCUT2D eigenvalue weighted by Crippen LogP contribution is -2.32. The topological polar surface area (TPSA) is 30.3 Å². The third-order valence-electron chi connectivity index (χ3n) is 4.67. The van der Waals surface area contributed by atoms with Crippen molar-refractivity contribution < 1.29 is 4.74 Å². The first-order chi connectivity index (χ1) is 11.3. The predicted molar refractivity (Wildman–Crippen MR) is 92.2 cm³/mol. The Morgan fingerprint density at radius 2 is 2.17 bits per heavy atom. The second kappa shape index (κ2) is 7.75. The van der Waals surface area contributed by atoms with Gasteiger partial charge in [-0.2, -0.15) is 0 Å². The molecule has 0 radical (unpaired) electrons. The van der Waals surface area contributed by atoms with Gasteiger partial charge in [-0.3, -0.25) is 4.90 Å². The summed E-state index contributed by atoms with van der Waals surface area (Å²) in [5, 5.41) is 0. The van der Waals surface area contributed by atoms with Gasteiger partial charge in [-0.05, 0) is 37.8 Å². The molecule has 1 aromatic carbocycles. The molecule has 1 aromatic heterocycles. The zero-order chi connectivity index (χ0) is 16.1. The van der Waals surface area contributed by atoms with E-state index in [-0.39, 0.29) is 0 Å². The molecule has 0 amide bonds. The average molecular weight is 313 g/mol. The molecule has 0 N–H and O–H groups in total. The van der Waals surface area contributed by atoms with Crippen LogP contribution in [0, 0.1) is 6.92 Å². The highest BCUT2D eigenvalue weighted by molar-refractivity contribution is 5.25. The van der Waals surface area contributed by atoms with Gasteiger partial charge in [-0.25, -0.2) is 4.98 Å². The molecular weight excluding hydrogens is 286 g/mol. The summed E-state index contributed by atoms with van der Waals surface area (Å²) in [6, 6.07) is 8.66. The van der Waals surface area contributed by atoms with Crippen LogP contribution in [0.15, 0.2) is 36.8 Å². The van der Waals surface area contributed by atoms with Gasteiger partial charge in [0, 0.05) is 39.0 Å². The molecule has 4 nitrogen and oxygen atoms in total. The molecule has 1 aliphatic heterocycles. The van der Waals surface area contributed by atoms with Crippen LogP contribution in [0.4, 0.5) is 0 Å². The fourth-order valence-electron chi connectivity index (χ4n) is 3.28. The molecule has 0 saturated carbocycles. The third kappa shape index (κ3) is 4.21. The Bertz CT molecular complexity index is 617. The van der Waals surface area contributed by atoms with Crippen molar-refractivity contribution in [2.75, 3.05) is 13.2 Å². The van der Waals surface area contributed by atoms with Gasteiger partial charge in [-0.1, -0.05) is 24.3 Å². The van der Waals surface area contributed by atoms with Crippen LogP contribution in [0.5, 0.6) is 0 Å². The smallest absolute Gasteiger partial charge is 0.0948 e. The molecule has 3 rings (SSSR count). The maximum absolute atomic E-state index is 5.86. The number of benzene rings is 1. The van der Waals surface area contributed by atoms with E-state index in [0.717, 1.165) is 32.8 Å². The molecule has 0 spiro atoms. The quantitative estimate of drug-likeness (QED) is 0.785. The Hall–Kier alpha value is -1.65. The minimum Gasteiger partial charge on any atom is -0.377 e. The molecule has 1 atom stereocenters. The number of aryl methyl sites for hydroxylation is 2. The van der Waals surface area contributed by atoms with Crippen LogP contribution in [0.3, 0.4) is 0 Å². The minimum absolute atomic E-state index is 0.372. The lowest BCUT2D eigenvalue weighted by atomic mass is 10.1. The van der Waals surface area contributed by atoms with Crippen LogP contribution in [0.25, 0.3) is 0 Å². The first-order valence-electron chi connectivity index (χ1n) is 8.63. The van der Waals surface area contributed by atoms with Crippen LogP contribution in [-0.2, 0) is 24.4 Å². The van der Waals surface area contributed by atoms with Crippen molar-refractivity contribution in [2.24, 2.45) is 0 Å². The number of hydrogen-bond acceptors (Lipinski definition) is 3.